The first-order valence-electron chi connectivity index (χ1n) is 21.2. The molecule has 3 N–H and O–H groups in total. The number of phosphoric ester groups is 1. The number of hydrogen-bond acceptors (Lipinski definition) is 8. The van der Waals surface area contributed by atoms with Crippen LogP contribution in [0.4, 0.5) is 0 Å². The van der Waals surface area contributed by atoms with Gasteiger partial charge in [-0.25, -0.2) is 4.57 Å². The zero-order chi connectivity index (χ0) is 42.5. The van der Waals surface area contributed by atoms with E-state index in [4.69, 9.17) is 23.6 Å². The maximum atomic E-state index is 12.5. The van der Waals surface area contributed by atoms with Gasteiger partial charge in [0.2, 0.25) is 0 Å². The quantitative estimate of drug-likeness (QED) is 0.0241. The van der Waals surface area contributed by atoms with Crippen molar-refractivity contribution in [3.63, 3.8) is 0 Å². The maximum absolute atomic E-state index is 12.5. The second kappa shape index (κ2) is 43.2. The van der Waals surface area contributed by atoms with Gasteiger partial charge in [0.05, 0.1) is 26.4 Å². The lowest BCUT2D eigenvalue weighted by atomic mass is 10.2. The second-order valence-electron chi connectivity index (χ2n) is 13.2. The van der Waals surface area contributed by atoms with E-state index in [1.54, 1.807) is 0 Å². The van der Waals surface area contributed by atoms with Gasteiger partial charge in [-0.3, -0.25) is 13.8 Å². The van der Waals surface area contributed by atoms with Crippen molar-refractivity contribution in [3.05, 3.63) is 134 Å². The van der Waals surface area contributed by atoms with Crippen LogP contribution in [-0.2, 0) is 27.9 Å². The molecule has 0 amide bonds. The fourth-order valence-electron chi connectivity index (χ4n) is 4.70. The highest BCUT2D eigenvalue weighted by Crippen LogP contribution is 2.43. The maximum Gasteiger partial charge on any atom is 0.472 e. The van der Waals surface area contributed by atoms with Gasteiger partial charge in [0.25, 0.3) is 0 Å². The van der Waals surface area contributed by atoms with Crippen molar-refractivity contribution in [3.8, 4) is 0 Å². The van der Waals surface area contributed by atoms with Crippen molar-refractivity contribution in [1.82, 2.24) is 0 Å². The van der Waals surface area contributed by atoms with Gasteiger partial charge in [-0.1, -0.05) is 148 Å². The zero-order valence-corrected chi connectivity index (χ0v) is 36.3. The average Bonchev–Trinajstić information content (AvgIpc) is 3.21. The monoisotopic (exact) mass is 827 g/mol. The standard InChI is InChI=1S/C48H75O9P/c1-3-5-7-9-11-13-15-17-18-19-20-21-22-23-24-25-26-27-29-31-33-35-37-39-41-54-44-47(45-56-58(52,53)55-43-46(50)42-49)57-48(51)40-38-36-34-32-30-28-16-14-12-10-8-6-4-2/h5-8,11-14,17-18,20-21,23-24,26-28,30-31,33-34,36,46-47,49-50H,3-4,9-10,15-16,19,22,25,29,32,35,37-45H2,1-2H3,(H,52,53)/b7-5-,8-6-,13-11-,14-12-,18-17-,21-20-,24-23-,27-26-,30-28-,33-31-,36-34-. The van der Waals surface area contributed by atoms with Gasteiger partial charge in [0.15, 0.2) is 0 Å². The number of rotatable bonds is 38. The first kappa shape index (κ1) is 54.6. The lowest BCUT2D eigenvalue weighted by molar-refractivity contribution is -0.154. The number of phosphoric acid groups is 1. The van der Waals surface area contributed by atoms with Crippen LogP contribution in [0, 0.1) is 0 Å². The van der Waals surface area contributed by atoms with Gasteiger partial charge in [-0.2, -0.15) is 0 Å². The summed E-state index contributed by atoms with van der Waals surface area (Å²) in [6.07, 6.45) is 58.7. The van der Waals surface area contributed by atoms with Gasteiger partial charge in [-0.05, 0) is 96.3 Å². The van der Waals surface area contributed by atoms with Gasteiger partial charge in [-0.15, -0.1) is 0 Å². The first-order valence-corrected chi connectivity index (χ1v) is 22.7. The first-order chi connectivity index (χ1) is 28.3. The summed E-state index contributed by atoms with van der Waals surface area (Å²) in [5, 5.41) is 18.3. The summed E-state index contributed by atoms with van der Waals surface area (Å²) < 4.78 is 33.2. The Labute approximate surface area is 351 Å². The Morgan fingerprint density at radius 2 is 0.914 bits per heavy atom. The van der Waals surface area contributed by atoms with Crippen molar-refractivity contribution < 1.29 is 43.0 Å². The molecule has 0 aliphatic heterocycles. The third kappa shape index (κ3) is 42.2. The Kier molecular flexibility index (Phi) is 40.7. The highest BCUT2D eigenvalue weighted by Gasteiger charge is 2.26. The molecule has 0 saturated heterocycles. The van der Waals surface area contributed by atoms with Crippen molar-refractivity contribution in [2.45, 2.75) is 129 Å². The number of carbonyl (C=O) groups excluding carboxylic acids is 1. The summed E-state index contributed by atoms with van der Waals surface area (Å²) in [6, 6.07) is 0. The molecule has 326 valence electrons. The molecule has 0 fully saturated rings. The topological polar surface area (TPSA) is 132 Å². The predicted octanol–water partition coefficient (Wildman–Crippen LogP) is 11.8. The number of carbonyl (C=O) groups is 1. The Balaban J connectivity index is 4.36. The fourth-order valence-corrected chi connectivity index (χ4v) is 5.49. The van der Waals surface area contributed by atoms with Crippen LogP contribution in [0.3, 0.4) is 0 Å². The molecule has 0 saturated carbocycles. The van der Waals surface area contributed by atoms with Crippen LogP contribution in [0.2, 0.25) is 0 Å². The van der Waals surface area contributed by atoms with Gasteiger partial charge in [0, 0.05) is 13.0 Å². The molecule has 9 nitrogen and oxygen atoms in total. The smallest absolute Gasteiger partial charge is 0.457 e. The van der Waals surface area contributed by atoms with E-state index >= 15 is 0 Å². The molecule has 0 heterocycles. The number of allylic oxidation sites excluding steroid dienone is 22. The number of unbranched alkanes of at least 4 members (excludes halogenated alkanes) is 2. The Morgan fingerprint density at radius 1 is 0.534 bits per heavy atom. The van der Waals surface area contributed by atoms with Crippen molar-refractivity contribution in [2.75, 3.05) is 33.0 Å². The van der Waals surface area contributed by atoms with Crippen LogP contribution < -0.4 is 0 Å². The number of esters is 1. The molecular weight excluding hydrogens is 751 g/mol. The molecular formula is C48H75O9P. The number of aliphatic hydroxyl groups excluding tert-OH is 2. The van der Waals surface area contributed by atoms with Crippen LogP contribution in [0.15, 0.2) is 134 Å². The van der Waals surface area contributed by atoms with Crippen molar-refractivity contribution in [2.24, 2.45) is 0 Å². The summed E-state index contributed by atoms with van der Waals surface area (Å²) in [5.41, 5.74) is 0. The second-order valence-corrected chi connectivity index (χ2v) is 14.7. The normalized spacial score (nSPS) is 15.3. The van der Waals surface area contributed by atoms with E-state index in [9.17, 15) is 19.4 Å². The van der Waals surface area contributed by atoms with E-state index in [0.717, 1.165) is 89.9 Å². The summed E-state index contributed by atoms with van der Waals surface area (Å²) in [5.74, 6) is -0.485. The van der Waals surface area contributed by atoms with Gasteiger partial charge in [0.1, 0.15) is 12.2 Å². The molecule has 0 aromatic heterocycles. The largest absolute Gasteiger partial charge is 0.472 e. The molecule has 3 unspecified atom stereocenters. The lowest BCUT2D eigenvalue weighted by Gasteiger charge is -2.20. The van der Waals surface area contributed by atoms with Crippen LogP contribution >= 0.6 is 7.82 Å². The minimum atomic E-state index is -4.56. The summed E-state index contributed by atoms with van der Waals surface area (Å²) >= 11 is 0. The van der Waals surface area contributed by atoms with E-state index in [2.05, 4.69) is 135 Å². The molecule has 3 atom stereocenters. The van der Waals surface area contributed by atoms with Crippen molar-refractivity contribution >= 4 is 13.8 Å². The third-order valence-electron chi connectivity index (χ3n) is 7.85. The molecule has 0 aliphatic carbocycles. The van der Waals surface area contributed by atoms with Crippen LogP contribution in [0.1, 0.15) is 117 Å². The van der Waals surface area contributed by atoms with Crippen molar-refractivity contribution in [1.29, 1.82) is 0 Å². The number of hydrogen-bond donors (Lipinski definition) is 3. The minimum absolute atomic E-state index is 0.0203. The van der Waals surface area contributed by atoms with E-state index in [-0.39, 0.29) is 13.0 Å². The summed E-state index contributed by atoms with van der Waals surface area (Å²) in [4.78, 5) is 22.5. The van der Waals surface area contributed by atoms with Gasteiger partial charge < -0.3 is 24.6 Å². The zero-order valence-electron chi connectivity index (χ0n) is 35.4. The molecule has 0 radical (unpaired) electrons. The van der Waals surface area contributed by atoms with E-state index in [1.165, 1.54) is 0 Å². The molecule has 0 spiro atoms. The Bertz CT molecular complexity index is 1350. The molecule has 0 bridgehead atoms. The fraction of sp³-hybridized carbons (Fsp3) is 0.521. The Hall–Kier alpha value is -3.40. The van der Waals surface area contributed by atoms with Gasteiger partial charge >= 0.3 is 13.8 Å². The van der Waals surface area contributed by atoms with Crippen LogP contribution in [-0.4, -0.2) is 66.3 Å². The average molecular weight is 827 g/mol. The van der Waals surface area contributed by atoms with E-state index in [1.807, 2.05) is 12.2 Å². The molecule has 0 aromatic carbocycles. The molecule has 0 aliphatic rings. The lowest BCUT2D eigenvalue weighted by Crippen LogP contribution is -2.29. The highest BCUT2D eigenvalue weighted by atomic mass is 31.2. The molecule has 0 rings (SSSR count). The number of ether oxygens (including phenoxy) is 2. The molecule has 0 aromatic rings. The van der Waals surface area contributed by atoms with E-state index < -0.39 is 45.8 Å². The summed E-state index contributed by atoms with van der Waals surface area (Å²) in [7, 11) is -4.56. The third-order valence-corrected chi connectivity index (χ3v) is 8.80. The van der Waals surface area contributed by atoms with E-state index in [0.29, 0.717) is 13.0 Å². The summed E-state index contributed by atoms with van der Waals surface area (Å²) in [6.45, 7) is 3.01. The van der Waals surface area contributed by atoms with Crippen LogP contribution in [0.5, 0.6) is 0 Å². The Morgan fingerprint density at radius 3 is 1.33 bits per heavy atom. The minimum Gasteiger partial charge on any atom is -0.457 e. The highest BCUT2D eigenvalue weighted by molar-refractivity contribution is 7.47. The number of aliphatic hydroxyl groups is 2. The van der Waals surface area contributed by atoms with Crippen LogP contribution in [0.25, 0.3) is 0 Å². The predicted molar refractivity (Wildman–Crippen MR) is 241 cm³/mol. The SMILES string of the molecule is CC/C=C\C/C=C\C/C=C\C/C=C\C/C=C\C/C=C\C/C=C\CCCCOCC(COP(=O)(O)OCC(O)CO)OC(=O)CC/C=C\C/C=C\C/C=C\C/C=C\CC. The molecule has 10 heteroatoms. The molecule has 58 heavy (non-hydrogen) atoms.